The molecule has 0 radical (unpaired) electrons. The maximum absolute atomic E-state index is 12.1. The van der Waals surface area contributed by atoms with Crippen molar-refractivity contribution in [2.75, 3.05) is 0 Å². The van der Waals surface area contributed by atoms with Crippen LogP contribution in [0.4, 0.5) is 0 Å². The number of aryl methyl sites for hydroxylation is 1. The molecule has 4 nitrogen and oxygen atoms in total. The number of rotatable bonds is 3. The van der Waals surface area contributed by atoms with E-state index in [1.165, 1.54) is 5.70 Å². The van der Waals surface area contributed by atoms with Crippen molar-refractivity contribution in [2.24, 2.45) is 0 Å². The summed E-state index contributed by atoms with van der Waals surface area (Å²) >= 11 is 0. The monoisotopic (exact) mass is 368 g/mol. The molecule has 0 N–H and O–H groups in total. The Morgan fingerprint density at radius 3 is 2.61 bits per heavy atom. The lowest BCUT2D eigenvalue weighted by atomic mass is 9.85. The third-order valence-corrected chi connectivity index (χ3v) is 5.72. The number of nitrogens with zero attached hydrogens (tertiary/aromatic N) is 2. The van der Waals surface area contributed by atoms with Crippen molar-refractivity contribution < 1.29 is 4.92 Å². The molecule has 0 saturated heterocycles. The van der Waals surface area contributed by atoms with Crippen LogP contribution in [0.5, 0.6) is 0 Å². The van der Waals surface area contributed by atoms with Crippen LogP contribution < -0.4 is 0 Å². The molecule has 1 aromatic heterocycles. The van der Waals surface area contributed by atoms with Gasteiger partial charge in [0.2, 0.25) is 0 Å². The molecule has 0 saturated carbocycles. The molecule has 0 bridgehead atoms. The Morgan fingerprint density at radius 1 is 0.929 bits per heavy atom. The average Bonchev–Trinajstić information content (AvgIpc) is 3.18. The van der Waals surface area contributed by atoms with E-state index in [1.807, 2.05) is 36.4 Å². The van der Waals surface area contributed by atoms with Gasteiger partial charge in [-0.1, -0.05) is 48.6 Å². The topological polar surface area (TPSA) is 48.1 Å². The van der Waals surface area contributed by atoms with Gasteiger partial charge in [-0.05, 0) is 49.5 Å². The fraction of sp³-hybridized carbons (Fsp3) is 0.167. The first-order valence-electron chi connectivity index (χ1n) is 9.66. The zero-order valence-corrected chi connectivity index (χ0v) is 15.5. The van der Waals surface area contributed by atoms with Gasteiger partial charge in [0.05, 0.1) is 16.0 Å². The largest absolute Gasteiger partial charge is 0.320 e. The normalized spacial score (nSPS) is 16.2. The van der Waals surface area contributed by atoms with Crippen LogP contribution in [-0.4, -0.2) is 9.49 Å². The van der Waals surface area contributed by atoms with Gasteiger partial charge in [0.1, 0.15) is 0 Å². The van der Waals surface area contributed by atoms with E-state index in [1.54, 1.807) is 0 Å². The highest BCUT2D eigenvalue weighted by Crippen LogP contribution is 2.40. The SMILES string of the molecule is O=[N+]([O-])C1=C(c2cccc3ccn(C4=CC=CCC4)c23)CCc2ccccc21. The van der Waals surface area contributed by atoms with Crippen LogP contribution in [0, 0.1) is 10.1 Å². The van der Waals surface area contributed by atoms with Gasteiger partial charge < -0.3 is 4.57 Å². The molecule has 0 atom stereocenters. The van der Waals surface area contributed by atoms with Gasteiger partial charge in [-0.2, -0.15) is 0 Å². The van der Waals surface area contributed by atoms with E-state index in [0.29, 0.717) is 6.42 Å². The van der Waals surface area contributed by atoms with Crippen molar-refractivity contribution in [1.82, 2.24) is 4.57 Å². The van der Waals surface area contributed by atoms with E-state index in [2.05, 4.69) is 41.1 Å². The Labute approximate surface area is 163 Å². The van der Waals surface area contributed by atoms with E-state index in [9.17, 15) is 10.1 Å². The zero-order chi connectivity index (χ0) is 19.1. The number of fused-ring (bicyclic) bond motifs is 2. The van der Waals surface area contributed by atoms with E-state index in [0.717, 1.165) is 52.4 Å². The Bertz CT molecular complexity index is 1190. The van der Waals surface area contributed by atoms with Crippen molar-refractivity contribution in [1.29, 1.82) is 0 Å². The number of nitro groups is 1. The van der Waals surface area contributed by atoms with Crippen molar-refractivity contribution >= 4 is 27.9 Å². The molecule has 0 spiro atoms. The van der Waals surface area contributed by atoms with E-state index in [-0.39, 0.29) is 10.6 Å². The quantitative estimate of drug-likeness (QED) is 0.425. The summed E-state index contributed by atoms with van der Waals surface area (Å²) in [6.45, 7) is 0. The number of hydrogen-bond acceptors (Lipinski definition) is 2. The van der Waals surface area contributed by atoms with Crippen LogP contribution >= 0.6 is 0 Å². The molecule has 0 amide bonds. The van der Waals surface area contributed by atoms with Gasteiger partial charge in [-0.3, -0.25) is 10.1 Å². The number of hydrogen-bond donors (Lipinski definition) is 0. The summed E-state index contributed by atoms with van der Waals surface area (Å²) < 4.78 is 2.21. The lowest BCUT2D eigenvalue weighted by Gasteiger charge is -2.20. The third-order valence-electron chi connectivity index (χ3n) is 5.72. The summed E-state index contributed by atoms with van der Waals surface area (Å²) in [6, 6.07) is 15.9. The van der Waals surface area contributed by atoms with Gasteiger partial charge in [0, 0.05) is 28.4 Å². The van der Waals surface area contributed by atoms with E-state index < -0.39 is 0 Å². The number of para-hydroxylation sites is 1. The van der Waals surface area contributed by atoms with E-state index in [4.69, 9.17) is 0 Å². The minimum atomic E-state index is -0.206. The van der Waals surface area contributed by atoms with Crippen molar-refractivity contribution in [3.8, 4) is 0 Å². The fourth-order valence-corrected chi connectivity index (χ4v) is 4.45. The minimum absolute atomic E-state index is 0.206. The van der Waals surface area contributed by atoms with Crippen molar-refractivity contribution in [3.05, 3.63) is 99.8 Å². The molecule has 138 valence electrons. The first-order chi connectivity index (χ1) is 13.7. The predicted octanol–water partition coefficient (Wildman–Crippen LogP) is 5.92. The van der Waals surface area contributed by atoms with Crippen LogP contribution in [0.2, 0.25) is 0 Å². The Hall–Kier alpha value is -3.40. The number of benzene rings is 2. The minimum Gasteiger partial charge on any atom is -0.320 e. The second-order valence-electron chi connectivity index (χ2n) is 7.30. The van der Waals surface area contributed by atoms with Gasteiger partial charge in [0.25, 0.3) is 5.70 Å². The highest BCUT2D eigenvalue weighted by Gasteiger charge is 2.30. The van der Waals surface area contributed by atoms with Gasteiger partial charge >= 0.3 is 0 Å². The molecule has 4 heteroatoms. The smallest absolute Gasteiger partial charge is 0.280 e. The maximum Gasteiger partial charge on any atom is 0.280 e. The van der Waals surface area contributed by atoms with Gasteiger partial charge in [0.15, 0.2) is 0 Å². The second kappa shape index (κ2) is 6.64. The molecule has 0 fully saturated rings. The van der Waals surface area contributed by atoms with Crippen LogP contribution in [0.25, 0.3) is 27.9 Å². The lowest BCUT2D eigenvalue weighted by molar-refractivity contribution is -0.375. The highest BCUT2D eigenvalue weighted by molar-refractivity contribution is 6.00. The van der Waals surface area contributed by atoms with Gasteiger partial charge in [-0.25, -0.2) is 0 Å². The molecule has 2 aliphatic rings. The first-order valence-corrected chi connectivity index (χ1v) is 9.66. The predicted molar refractivity (Wildman–Crippen MR) is 113 cm³/mol. The molecule has 28 heavy (non-hydrogen) atoms. The lowest BCUT2D eigenvalue weighted by Crippen LogP contribution is -2.11. The third kappa shape index (κ3) is 2.61. The molecule has 1 heterocycles. The molecule has 0 aliphatic heterocycles. The standard InChI is InChI=1S/C24H20N2O2/c27-26(28)24-20-11-5-4-7-17(20)13-14-22(24)21-12-6-8-18-15-16-25(23(18)21)19-9-2-1-3-10-19/h1-2,4-9,11-12,15-16H,3,10,13-14H2. The summed E-state index contributed by atoms with van der Waals surface area (Å²) in [5.41, 5.74) is 6.16. The summed E-state index contributed by atoms with van der Waals surface area (Å²) in [5.74, 6) is 0. The molecule has 3 aromatic rings. The molecule has 2 aromatic carbocycles. The molecule has 2 aliphatic carbocycles. The summed E-state index contributed by atoms with van der Waals surface area (Å²) in [6.07, 6.45) is 12.0. The summed E-state index contributed by atoms with van der Waals surface area (Å²) in [5, 5.41) is 13.2. The second-order valence-corrected chi connectivity index (χ2v) is 7.30. The molecular weight excluding hydrogens is 348 g/mol. The molecular formula is C24H20N2O2. The molecule has 0 unspecified atom stereocenters. The van der Waals surface area contributed by atoms with Crippen LogP contribution in [0.1, 0.15) is 36.0 Å². The summed E-state index contributed by atoms with van der Waals surface area (Å²) in [4.78, 5) is 11.9. The fourth-order valence-electron chi connectivity index (χ4n) is 4.45. The van der Waals surface area contributed by atoms with Crippen LogP contribution in [0.15, 0.2) is 73.0 Å². The summed E-state index contributed by atoms with van der Waals surface area (Å²) in [7, 11) is 0. The van der Waals surface area contributed by atoms with Crippen LogP contribution in [0.3, 0.4) is 0 Å². The first kappa shape index (κ1) is 16.8. The average molecular weight is 368 g/mol. The van der Waals surface area contributed by atoms with Gasteiger partial charge in [-0.15, -0.1) is 0 Å². The van der Waals surface area contributed by atoms with Crippen molar-refractivity contribution in [2.45, 2.75) is 25.7 Å². The van der Waals surface area contributed by atoms with Crippen molar-refractivity contribution in [3.63, 3.8) is 0 Å². The van der Waals surface area contributed by atoms with E-state index >= 15 is 0 Å². The Morgan fingerprint density at radius 2 is 1.79 bits per heavy atom. The maximum atomic E-state index is 12.1. The Kier molecular flexibility index (Phi) is 3.97. The van der Waals surface area contributed by atoms with Crippen LogP contribution in [-0.2, 0) is 6.42 Å². The zero-order valence-electron chi connectivity index (χ0n) is 15.5. The highest BCUT2D eigenvalue weighted by atomic mass is 16.6. The number of aromatic nitrogens is 1. The Balaban J connectivity index is 1.79. The number of allylic oxidation sites excluding steroid dienone is 5. The molecule has 5 rings (SSSR count).